The monoisotopic (exact) mass is 547 g/mol. The van der Waals surface area contributed by atoms with Crippen molar-refractivity contribution in [1.82, 2.24) is 9.88 Å². The van der Waals surface area contributed by atoms with E-state index in [1.165, 1.54) is 23.2 Å². The highest BCUT2D eigenvalue weighted by molar-refractivity contribution is 6.31. The van der Waals surface area contributed by atoms with Gasteiger partial charge in [0.15, 0.2) is 0 Å². The number of fused-ring (bicyclic) bond motifs is 2. The Bertz CT molecular complexity index is 1330. The molecule has 0 saturated carbocycles. The molecule has 2 aromatic carbocycles. The summed E-state index contributed by atoms with van der Waals surface area (Å²) in [6.07, 6.45) is 5.38. The maximum Gasteiger partial charge on any atom is 0.271 e. The molecule has 9 heteroatoms. The number of rotatable bonds is 4. The normalized spacial score (nSPS) is 21.3. The number of amides is 1. The van der Waals surface area contributed by atoms with E-state index < -0.39 is 23.8 Å². The second-order valence-corrected chi connectivity index (χ2v) is 10.4. The van der Waals surface area contributed by atoms with Gasteiger partial charge in [-0.05, 0) is 66.6 Å². The molecule has 186 valence electrons. The minimum atomic E-state index is -3.09. The van der Waals surface area contributed by atoms with Crippen molar-refractivity contribution in [3.05, 3.63) is 98.8 Å². The lowest BCUT2D eigenvalue weighted by molar-refractivity contribution is -0.122. The number of benzene rings is 2. The third kappa shape index (κ3) is 4.63. The molecular weight excluding hydrogens is 527 g/mol. The van der Waals surface area contributed by atoms with E-state index in [-0.39, 0.29) is 18.1 Å². The summed E-state index contributed by atoms with van der Waals surface area (Å²) in [4.78, 5) is 20.4. The van der Waals surface area contributed by atoms with Gasteiger partial charge in [-0.1, -0.05) is 59.1 Å². The van der Waals surface area contributed by atoms with Crippen LogP contribution in [-0.2, 0) is 5.41 Å². The van der Waals surface area contributed by atoms with E-state index in [0.717, 1.165) is 5.56 Å². The van der Waals surface area contributed by atoms with E-state index in [2.05, 4.69) is 4.98 Å². The van der Waals surface area contributed by atoms with Gasteiger partial charge in [0.2, 0.25) is 0 Å². The largest absolute Gasteiger partial charge is 0.307 e. The van der Waals surface area contributed by atoms with E-state index in [1.807, 2.05) is 24.3 Å². The Balaban J connectivity index is 1.40. The number of pyridine rings is 1. The van der Waals surface area contributed by atoms with E-state index in [0.29, 0.717) is 39.9 Å². The third-order valence-electron chi connectivity index (χ3n) is 6.93. The van der Waals surface area contributed by atoms with E-state index in [9.17, 15) is 4.79 Å². The van der Waals surface area contributed by atoms with Gasteiger partial charge >= 0.3 is 0 Å². The van der Waals surface area contributed by atoms with Gasteiger partial charge in [-0.15, -0.1) is 0 Å². The fourth-order valence-corrected chi connectivity index (χ4v) is 5.55. The summed E-state index contributed by atoms with van der Waals surface area (Å²) >= 11 is 18.1. The summed E-state index contributed by atoms with van der Waals surface area (Å²) in [5.41, 5.74) is 0.569. The summed E-state index contributed by atoms with van der Waals surface area (Å²) in [6.45, 7) is 0.278. The minimum Gasteiger partial charge on any atom is -0.307 e. The number of halogens is 5. The fraction of sp³-hybridized carbons (Fsp3) is 0.259. The Kier molecular flexibility index (Phi) is 6.81. The number of anilines is 1. The maximum atomic E-state index is 16.0. The molecule has 0 bridgehead atoms. The number of piperidine rings is 1. The highest BCUT2D eigenvalue weighted by atomic mass is 35.5. The first-order valence-corrected chi connectivity index (χ1v) is 12.6. The van der Waals surface area contributed by atoms with E-state index >= 15 is 8.78 Å². The smallest absolute Gasteiger partial charge is 0.271 e. The van der Waals surface area contributed by atoms with Crippen LogP contribution in [0.15, 0.2) is 66.9 Å². The minimum absolute atomic E-state index is 0.136. The molecule has 4 nitrogen and oxygen atoms in total. The molecule has 2 aliphatic heterocycles. The Morgan fingerprint density at radius 2 is 1.75 bits per heavy atom. The van der Waals surface area contributed by atoms with Crippen LogP contribution in [0.1, 0.15) is 27.9 Å². The summed E-state index contributed by atoms with van der Waals surface area (Å²) in [7, 11) is 0. The molecule has 3 aromatic rings. The number of carbonyl (C=O) groups is 1. The van der Waals surface area contributed by atoms with Crippen LogP contribution >= 0.6 is 34.8 Å². The van der Waals surface area contributed by atoms with Crippen LogP contribution in [0.4, 0.5) is 14.5 Å². The number of alkyl halides is 2. The van der Waals surface area contributed by atoms with Crippen LogP contribution in [0.5, 0.6) is 0 Å². The molecule has 0 N–H and O–H groups in total. The van der Waals surface area contributed by atoms with Crippen molar-refractivity contribution < 1.29 is 13.6 Å². The SMILES string of the molecule is O=C(c1ccnc(Cl)c1)N1CC2(CCN(CC=Cc3ccc(Cl)cc3)CC2(F)F)c2cc(Cl)ccc21. The molecule has 1 unspecified atom stereocenters. The second kappa shape index (κ2) is 9.75. The summed E-state index contributed by atoms with van der Waals surface area (Å²) in [6, 6.07) is 15.1. The first-order valence-electron chi connectivity index (χ1n) is 11.4. The Labute approximate surface area is 223 Å². The van der Waals surface area contributed by atoms with Crippen LogP contribution in [0, 0.1) is 0 Å². The lowest BCUT2D eigenvalue weighted by Gasteiger charge is -2.45. The van der Waals surface area contributed by atoms with Crippen LogP contribution in [0.2, 0.25) is 15.2 Å². The van der Waals surface area contributed by atoms with E-state index in [1.54, 1.807) is 35.2 Å². The number of nitrogens with zero attached hydrogens (tertiary/aromatic N) is 3. The first kappa shape index (κ1) is 25.2. The molecule has 1 saturated heterocycles. The molecule has 1 atom stereocenters. The van der Waals surface area contributed by atoms with Gasteiger partial charge in [-0.25, -0.2) is 13.8 Å². The maximum absolute atomic E-state index is 16.0. The fourth-order valence-electron chi connectivity index (χ4n) is 5.08. The molecule has 0 radical (unpaired) electrons. The lowest BCUT2D eigenvalue weighted by Crippen LogP contribution is -2.60. The van der Waals surface area contributed by atoms with Gasteiger partial charge in [0.05, 0.1) is 12.0 Å². The van der Waals surface area contributed by atoms with Crippen LogP contribution in [0.25, 0.3) is 6.08 Å². The zero-order chi connectivity index (χ0) is 25.5. The topological polar surface area (TPSA) is 36.4 Å². The Hall–Kier alpha value is -2.51. The van der Waals surface area contributed by atoms with Gasteiger partial charge in [0, 0.05) is 40.6 Å². The molecule has 2 aliphatic rings. The Morgan fingerprint density at radius 1 is 1.00 bits per heavy atom. The van der Waals surface area contributed by atoms with Gasteiger partial charge in [-0.3, -0.25) is 9.69 Å². The predicted octanol–water partition coefficient (Wildman–Crippen LogP) is 6.99. The van der Waals surface area contributed by atoms with Crippen molar-refractivity contribution >= 4 is 52.5 Å². The predicted molar refractivity (Wildman–Crippen MR) is 141 cm³/mol. The molecule has 5 rings (SSSR count). The molecule has 3 heterocycles. The van der Waals surface area contributed by atoms with Gasteiger partial charge in [0.25, 0.3) is 11.8 Å². The zero-order valence-corrected chi connectivity index (χ0v) is 21.4. The van der Waals surface area contributed by atoms with Crippen molar-refractivity contribution in [2.75, 3.05) is 31.1 Å². The third-order valence-corrected chi connectivity index (χ3v) is 7.63. The quantitative estimate of drug-likeness (QED) is 0.330. The van der Waals surface area contributed by atoms with Gasteiger partial charge < -0.3 is 4.90 Å². The van der Waals surface area contributed by atoms with Crippen LogP contribution < -0.4 is 4.90 Å². The number of hydrogen-bond donors (Lipinski definition) is 0. The average molecular weight is 549 g/mol. The molecule has 1 aromatic heterocycles. The van der Waals surface area contributed by atoms with Crippen molar-refractivity contribution in [3.63, 3.8) is 0 Å². The van der Waals surface area contributed by atoms with Gasteiger partial charge in [-0.2, -0.15) is 0 Å². The molecule has 1 fully saturated rings. The zero-order valence-electron chi connectivity index (χ0n) is 19.1. The molecule has 1 spiro atoms. The average Bonchev–Trinajstić information content (AvgIpc) is 3.17. The molecular formula is C27H22Cl3F2N3O. The number of aromatic nitrogens is 1. The molecule has 0 aliphatic carbocycles. The van der Waals surface area contributed by atoms with Crippen LogP contribution in [0.3, 0.4) is 0 Å². The van der Waals surface area contributed by atoms with Crippen LogP contribution in [-0.4, -0.2) is 47.9 Å². The molecule has 36 heavy (non-hydrogen) atoms. The number of carbonyl (C=O) groups excluding carboxylic acids is 1. The first-order chi connectivity index (χ1) is 17.2. The number of hydrogen-bond acceptors (Lipinski definition) is 3. The molecule has 1 amide bonds. The van der Waals surface area contributed by atoms with Crippen molar-refractivity contribution in [2.24, 2.45) is 0 Å². The second-order valence-electron chi connectivity index (χ2n) is 9.15. The number of likely N-dealkylation sites (tertiary alicyclic amines) is 1. The van der Waals surface area contributed by atoms with Crippen molar-refractivity contribution in [3.8, 4) is 0 Å². The summed E-state index contributed by atoms with van der Waals surface area (Å²) in [5.74, 6) is -3.49. The van der Waals surface area contributed by atoms with E-state index in [4.69, 9.17) is 34.8 Å². The van der Waals surface area contributed by atoms with Crippen molar-refractivity contribution in [2.45, 2.75) is 17.8 Å². The van der Waals surface area contributed by atoms with Gasteiger partial charge in [0.1, 0.15) is 5.15 Å². The highest BCUT2D eigenvalue weighted by Gasteiger charge is 2.62. The lowest BCUT2D eigenvalue weighted by atomic mass is 9.71. The summed E-state index contributed by atoms with van der Waals surface area (Å²) < 4.78 is 32.1. The Morgan fingerprint density at radius 3 is 2.47 bits per heavy atom. The summed E-state index contributed by atoms with van der Waals surface area (Å²) in [5, 5.41) is 1.17. The standard InChI is InChI=1S/C27H22Cl3F2N3O/c28-20-5-3-18(4-6-20)2-1-12-34-13-10-26(27(31,32)17-34)16-35(23-8-7-21(29)15-22(23)26)25(36)19-9-11-33-24(30)14-19/h1-9,11,14-15H,10,12-13,16-17H2. The highest BCUT2D eigenvalue weighted by Crippen LogP contribution is 2.54. The van der Waals surface area contributed by atoms with Crippen molar-refractivity contribution in [1.29, 1.82) is 0 Å².